The Balaban J connectivity index is 4.51. The Kier molecular flexibility index (Phi) is 55.0. The summed E-state index contributed by atoms with van der Waals surface area (Å²) in [5.41, 5.74) is 0. The second-order valence-corrected chi connectivity index (χ2v) is 18.4. The van der Waals surface area contributed by atoms with Crippen molar-refractivity contribution in [3.63, 3.8) is 0 Å². The third-order valence-corrected chi connectivity index (χ3v) is 11.6. The molecule has 0 radical (unpaired) electrons. The van der Waals surface area contributed by atoms with Gasteiger partial charge in [0.2, 0.25) is 0 Å². The number of unbranched alkanes of at least 4 members (excludes halogenated alkanes) is 15. The molecule has 0 saturated heterocycles. The van der Waals surface area contributed by atoms with Crippen molar-refractivity contribution in [2.45, 2.75) is 239 Å². The van der Waals surface area contributed by atoms with Crippen molar-refractivity contribution in [1.29, 1.82) is 0 Å². The van der Waals surface area contributed by atoms with E-state index in [1.807, 2.05) is 0 Å². The van der Waals surface area contributed by atoms with Crippen LogP contribution < -0.4 is 0 Å². The molecule has 0 spiro atoms. The van der Waals surface area contributed by atoms with Gasteiger partial charge in [0.05, 0.1) is 0 Å². The summed E-state index contributed by atoms with van der Waals surface area (Å²) in [5, 5.41) is 0. The van der Waals surface area contributed by atoms with Gasteiger partial charge in [-0.2, -0.15) is 0 Å². The number of ether oxygens (including phenoxy) is 3. The van der Waals surface area contributed by atoms with E-state index >= 15 is 0 Å². The fourth-order valence-electron chi connectivity index (χ4n) is 7.27. The van der Waals surface area contributed by atoms with Gasteiger partial charge >= 0.3 is 17.9 Å². The van der Waals surface area contributed by atoms with Crippen LogP contribution in [0.2, 0.25) is 0 Å². The molecule has 404 valence electrons. The van der Waals surface area contributed by atoms with Crippen molar-refractivity contribution < 1.29 is 28.6 Å². The topological polar surface area (TPSA) is 78.9 Å². The minimum atomic E-state index is -0.815. The Hall–Kier alpha value is -4.71. The fraction of sp³-hybridized carbons (Fsp3) is 0.591. The lowest BCUT2D eigenvalue weighted by atomic mass is 10.1. The van der Waals surface area contributed by atoms with E-state index in [1.54, 1.807) is 0 Å². The summed E-state index contributed by atoms with van der Waals surface area (Å²) in [6.07, 6.45) is 84.0. The van der Waals surface area contributed by atoms with Crippen molar-refractivity contribution in [1.82, 2.24) is 0 Å². The zero-order valence-corrected chi connectivity index (χ0v) is 46.1. The molecular formula is C66H104O6. The minimum Gasteiger partial charge on any atom is -0.462 e. The SMILES string of the molecule is CC/C=C\C/C=C\C/C=C\C/C=C\C/C=C\C/C=C\CCCCCCC(=O)OCC(COC(=O)CCCCCCC/C=C\C/C=C\CCCC)OC(=O)CCCCCC/C=C\C/C=C\C/C=C\C/C=C\CC. The molecule has 6 heteroatoms. The van der Waals surface area contributed by atoms with Crippen LogP contribution in [0.25, 0.3) is 0 Å². The Morgan fingerprint density at radius 2 is 0.542 bits per heavy atom. The molecule has 72 heavy (non-hydrogen) atoms. The van der Waals surface area contributed by atoms with Crippen LogP contribution in [0, 0.1) is 0 Å². The fourth-order valence-corrected chi connectivity index (χ4v) is 7.27. The maximum atomic E-state index is 12.9. The smallest absolute Gasteiger partial charge is 0.306 e. The van der Waals surface area contributed by atoms with Gasteiger partial charge in [0.1, 0.15) is 13.2 Å². The molecule has 0 aromatic heterocycles. The summed E-state index contributed by atoms with van der Waals surface area (Å²) in [7, 11) is 0. The summed E-state index contributed by atoms with van der Waals surface area (Å²) < 4.78 is 16.8. The zero-order chi connectivity index (χ0) is 52.2. The Morgan fingerprint density at radius 1 is 0.292 bits per heavy atom. The predicted octanol–water partition coefficient (Wildman–Crippen LogP) is 19.6. The van der Waals surface area contributed by atoms with Crippen molar-refractivity contribution in [2.24, 2.45) is 0 Å². The van der Waals surface area contributed by atoms with Gasteiger partial charge in [-0.15, -0.1) is 0 Å². The highest BCUT2D eigenvalue weighted by molar-refractivity contribution is 5.71. The number of carbonyl (C=O) groups is 3. The molecule has 0 aliphatic rings. The maximum Gasteiger partial charge on any atom is 0.306 e. The normalized spacial score (nSPS) is 13.2. The third-order valence-electron chi connectivity index (χ3n) is 11.6. The summed E-state index contributed by atoms with van der Waals surface area (Å²) in [4.78, 5) is 38.2. The number of hydrogen-bond donors (Lipinski definition) is 0. The summed E-state index contributed by atoms with van der Waals surface area (Å²) in [6.45, 7) is 6.30. The van der Waals surface area contributed by atoms with Crippen LogP contribution in [0.1, 0.15) is 233 Å². The molecule has 6 nitrogen and oxygen atoms in total. The maximum absolute atomic E-state index is 12.9. The molecule has 0 amide bonds. The molecule has 0 fully saturated rings. The van der Waals surface area contributed by atoms with Gasteiger partial charge in [-0.1, -0.05) is 224 Å². The van der Waals surface area contributed by atoms with Crippen LogP contribution in [-0.4, -0.2) is 37.2 Å². The minimum absolute atomic E-state index is 0.110. The highest BCUT2D eigenvalue weighted by Crippen LogP contribution is 2.13. The van der Waals surface area contributed by atoms with Crippen molar-refractivity contribution in [3.8, 4) is 0 Å². The highest BCUT2D eigenvalue weighted by Gasteiger charge is 2.19. The summed E-state index contributed by atoms with van der Waals surface area (Å²) in [5.74, 6) is -0.979. The number of rotatable bonds is 50. The molecule has 0 N–H and O–H groups in total. The molecule has 0 aliphatic carbocycles. The van der Waals surface area contributed by atoms with Crippen molar-refractivity contribution >= 4 is 17.9 Å². The number of carbonyl (C=O) groups excluding carboxylic acids is 3. The molecular weight excluding hydrogens is 889 g/mol. The number of hydrogen-bond acceptors (Lipinski definition) is 6. The molecule has 0 saturated carbocycles. The van der Waals surface area contributed by atoms with Gasteiger partial charge in [0, 0.05) is 19.3 Å². The first kappa shape index (κ1) is 67.3. The van der Waals surface area contributed by atoms with Crippen molar-refractivity contribution in [3.05, 3.63) is 146 Å². The van der Waals surface area contributed by atoms with Crippen LogP contribution in [0.5, 0.6) is 0 Å². The van der Waals surface area contributed by atoms with E-state index in [0.29, 0.717) is 12.8 Å². The molecule has 1 atom stereocenters. The van der Waals surface area contributed by atoms with Gasteiger partial charge in [-0.3, -0.25) is 14.4 Å². The van der Waals surface area contributed by atoms with E-state index in [2.05, 4.69) is 167 Å². The average Bonchev–Trinajstić information content (AvgIpc) is 3.38. The van der Waals surface area contributed by atoms with Gasteiger partial charge < -0.3 is 14.2 Å². The first-order valence-electron chi connectivity index (χ1n) is 28.8. The Labute approximate surface area is 442 Å². The van der Waals surface area contributed by atoms with E-state index in [1.165, 1.54) is 19.3 Å². The first-order chi connectivity index (χ1) is 35.5. The molecule has 0 aromatic rings. The largest absolute Gasteiger partial charge is 0.462 e. The molecule has 0 heterocycles. The molecule has 0 rings (SSSR count). The number of allylic oxidation sites excluding steroid dienone is 24. The quantitative estimate of drug-likeness (QED) is 0.0261. The molecule has 1 unspecified atom stereocenters. The highest BCUT2D eigenvalue weighted by atomic mass is 16.6. The van der Waals surface area contributed by atoms with Crippen LogP contribution in [0.3, 0.4) is 0 Å². The van der Waals surface area contributed by atoms with Crippen molar-refractivity contribution in [2.75, 3.05) is 13.2 Å². The lowest BCUT2D eigenvalue weighted by Gasteiger charge is -2.18. The van der Waals surface area contributed by atoms with Gasteiger partial charge in [0.25, 0.3) is 0 Å². The molecule has 0 bridgehead atoms. The first-order valence-corrected chi connectivity index (χ1v) is 28.8. The molecule has 0 aliphatic heterocycles. The van der Waals surface area contributed by atoms with Crippen LogP contribution in [0.4, 0.5) is 0 Å². The second kappa shape index (κ2) is 58.9. The zero-order valence-electron chi connectivity index (χ0n) is 46.1. The van der Waals surface area contributed by atoms with E-state index in [4.69, 9.17) is 14.2 Å². The monoisotopic (exact) mass is 993 g/mol. The Bertz CT molecular complexity index is 1610. The van der Waals surface area contributed by atoms with Crippen LogP contribution in [-0.2, 0) is 28.6 Å². The average molecular weight is 994 g/mol. The van der Waals surface area contributed by atoms with Crippen LogP contribution >= 0.6 is 0 Å². The molecule has 0 aromatic carbocycles. The van der Waals surface area contributed by atoms with Crippen LogP contribution in [0.15, 0.2) is 146 Å². The van der Waals surface area contributed by atoms with Gasteiger partial charge in [-0.25, -0.2) is 0 Å². The second-order valence-electron chi connectivity index (χ2n) is 18.4. The third kappa shape index (κ3) is 56.2. The van der Waals surface area contributed by atoms with Gasteiger partial charge in [-0.05, 0) is 135 Å². The summed E-state index contributed by atoms with van der Waals surface area (Å²) >= 11 is 0. The van der Waals surface area contributed by atoms with E-state index < -0.39 is 6.10 Å². The van der Waals surface area contributed by atoms with E-state index in [-0.39, 0.29) is 37.5 Å². The van der Waals surface area contributed by atoms with E-state index in [9.17, 15) is 14.4 Å². The van der Waals surface area contributed by atoms with E-state index in [0.717, 1.165) is 173 Å². The summed E-state index contributed by atoms with van der Waals surface area (Å²) in [6, 6.07) is 0. The standard InChI is InChI=1S/C66H104O6/c1-4-7-10-13-16-19-22-25-28-30-31-32-33-34-35-37-38-41-44-47-50-53-56-59-65(68)71-62-63(61-70-64(67)58-55-52-49-46-43-40-27-24-21-18-15-12-9-6-3)72-66(69)60-57-54-51-48-45-42-39-36-29-26-23-20-17-14-11-8-5-2/h7-8,10-11,15-20,24-29,31-32,34-35,38-39,41-42,63H,4-6,9,12-14,21-23,30,33,36-37,40,43-62H2,1-3H3/b10-7-,11-8-,18-15-,19-16-,20-17-,27-24-,28-25-,29-26-,32-31-,35-34-,41-38-,42-39-. The lowest BCUT2D eigenvalue weighted by molar-refractivity contribution is -0.167. The number of esters is 3. The predicted molar refractivity (Wildman–Crippen MR) is 311 cm³/mol. The Morgan fingerprint density at radius 3 is 0.847 bits per heavy atom. The lowest BCUT2D eigenvalue weighted by Crippen LogP contribution is -2.30. The van der Waals surface area contributed by atoms with Gasteiger partial charge in [0.15, 0.2) is 6.10 Å².